The minimum absolute atomic E-state index is 0.0255. The lowest BCUT2D eigenvalue weighted by Crippen LogP contribution is -2.57. The molecule has 5 N–H and O–H groups in total. The van der Waals surface area contributed by atoms with Gasteiger partial charge in [0.2, 0.25) is 17.7 Å². The summed E-state index contributed by atoms with van der Waals surface area (Å²) >= 11 is 0. The van der Waals surface area contributed by atoms with Gasteiger partial charge in [-0.3, -0.25) is 9.59 Å². The number of benzene rings is 3. The maximum Gasteiger partial charge on any atom is 0.573 e. The molecule has 5 rings (SSSR count). The number of pyridine rings is 1. The largest absolute Gasteiger partial charge is 0.573 e. The number of rotatable bonds is 15. The van der Waals surface area contributed by atoms with Gasteiger partial charge in [-0.15, -0.1) is 13.2 Å². The van der Waals surface area contributed by atoms with E-state index in [-0.39, 0.29) is 42.7 Å². The maximum absolute atomic E-state index is 14.4. The highest BCUT2D eigenvalue weighted by Gasteiger charge is 2.38. The van der Waals surface area contributed by atoms with E-state index in [1.165, 1.54) is 25.3 Å². The highest BCUT2D eigenvalue weighted by atomic mass is 19.4. The van der Waals surface area contributed by atoms with E-state index in [0.717, 1.165) is 42.5 Å². The lowest BCUT2D eigenvalue weighted by Gasteiger charge is -2.34. The van der Waals surface area contributed by atoms with E-state index < -0.39 is 77.5 Å². The molecule has 1 aliphatic rings. The molecule has 13 nitrogen and oxygen atoms in total. The molecular weight excluding hydrogens is 792 g/mol. The zero-order valence-corrected chi connectivity index (χ0v) is 33.6. The van der Waals surface area contributed by atoms with Crippen LogP contribution >= 0.6 is 0 Å². The van der Waals surface area contributed by atoms with E-state index in [2.05, 4.69) is 25.7 Å². The molecule has 60 heavy (non-hydrogen) atoms. The van der Waals surface area contributed by atoms with Crippen LogP contribution in [-0.4, -0.2) is 84.6 Å². The standard InChI is InChI=1S/C43H48F4N4O9/c1-42(2,3)38(51-41(56)58-5)40(55)49-32(19-24-9-11-26(12-10-24)27-13-16-36(57-4)48-22-27)33(52)20-28(17-25-7-6-8-30(18-25)60-43(45,46)47)39(54)50-37-31-21-29(44)14-15-35(31)59-23-34(37)53/h6-16,18,21-22,28,32-34,37-38,52-53H,17,19-20,23H2,1-5H3,(H,49,55)(H,50,54)(H,51,56). The molecule has 3 aromatic carbocycles. The molecule has 0 bridgehead atoms. The third-order valence-electron chi connectivity index (χ3n) is 9.97. The van der Waals surface area contributed by atoms with Gasteiger partial charge in [0.05, 0.1) is 32.4 Å². The molecule has 0 aliphatic carbocycles. The molecule has 0 saturated carbocycles. The summed E-state index contributed by atoms with van der Waals surface area (Å²) in [6.07, 6.45) is -7.58. The van der Waals surface area contributed by atoms with E-state index in [4.69, 9.17) is 14.2 Å². The maximum atomic E-state index is 14.4. The number of fused-ring (bicyclic) bond motifs is 1. The first-order chi connectivity index (χ1) is 28.3. The van der Waals surface area contributed by atoms with Gasteiger partial charge < -0.3 is 45.1 Å². The number of halogens is 4. The van der Waals surface area contributed by atoms with E-state index in [1.54, 1.807) is 45.2 Å². The number of alkyl halides is 3. The second-order valence-electron chi connectivity index (χ2n) is 15.5. The number of aliphatic hydroxyl groups is 2. The minimum Gasteiger partial charge on any atom is -0.490 e. The van der Waals surface area contributed by atoms with Gasteiger partial charge in [0.1, 0.15) is 36.1 Å². The molecule has 6 unspecified atom stereocenters. The normalized spacial score (nSPS) is 17.1. The van der Waals surface area contributed by atoms with Crippen molar-refractivity contribution in [2.45, 2.75) is 76.7 Å². The average molecular weight is 841 g/mol. The summed E-state index contributed by atoms with van der Waals surface area (Å²) in [5.74, 6) is -3.12. The molecule has 1 aliphatic heterocycles. The molecule has 3 amide bonds. The summed E-state index contributed by atoms with van der Waals surface area (Å²) in [6, 6.07) is 16.0. The number of carbonyl (C=O) groups excluding carboxylic acids is 3. The van der Waals surface area contributed by atoms with E-state index in [1.807, 2.05) is 18.2 Å². The van der Waals surface area contributed by atoms with Crippen LogP contribution in [0, 0.1) is 17.2 Å². The summed E-state index contributed by atoms with van der Waals surface area (Å²) in [7, 11) is 2.66. The highest BCUT2D eigenvalue weighted by Crippen LogP contribution is 2.34. The third kappa shape index (κ3) is 12.3. The molecule has 0 saturated heterocycles. The number of hydrogen-bond acceptors (Lipinski definition) is 10. The molecule has 2 heterocycles. The van der Waals surface area contributed by atoms with Crippen LogP contribution in [0.1, 0.15) is 49.9 Å². The van der Waals surface area contributed by atoms with Crippen molar-refractivity contribution < 1.29 is 61.1 Å². The van der Waals surface area contributed by atoms with Crippen molar-refractivity contribution in [3.63, 3.8) is 0 Å². The van der Waals surface area contributed by atoms with Gasteiger partial charge >= 0.3 is 12.5 Å². The summed E-state index contributed by atoms with van der Waals surface area (Å²) in [4.78, 5) is 44.8. The van der Waals surface area contributed by atoms with Crippen LogP contribution in [-0.2, 0) is 27.2 Å². The topological polar surface area (TPSA) is 178 Å². The first-order valence-corrected chi connectivity index (χ1v) is 19.0. The zero-order chi connectivity index (χ0) is 43.8. The molecule has 4 aromatic rings. The Morgan fingerprint density at radius 3 is 2.25 bits per heavy atom. The molecule has 6 atom stereocenters. The van der Waals surface area contributed by atoms with Gasteiger partial charge in [-0.25, -0.2) is 14.2 Å². The Balaban J connectivity index is 1.48. The second kappa shape index (κ2) is 19.4. The van der Waals surface area contributed by atoms with Crippen molar-refractivity contribution in [1.82, 2.24) is 20.9 Å². The quantitative estimate of drug-likeness (QED) is 0.0918. The Bertz CT molecular complexity index is 2100. The molecule has 322 valence electrons. The molecule has 1 aromatic heterocycles. The zero-order valence-electron chi connectivity index (χ0n) is 33.6. The monoisotopic (exact) mass is 840 g/mol. The fourth-order valence-electron chi connectivity index (χ4n) is 6.87. The summed E-state index contributed by atoms with van der Waals surface area (Å²) in [6.45, 7) is 4.93. The third-order valence-corrected chi connectivity index (χ3v) is 9.97. The molecule has 0 radical (unpaired) electrons. The predicted molar refractivity (Wildman–Crippen MR) is 210 cm³/mol. The average Bonchev–Trinajstić information content (AvgIpc) is 3.19. The Morgan fingerprint density at radius 1 is 0.900 bits per heavy atom. The Labute approximate surface area is 344 Å². The summed E-state index contributed by atoms with van der Waals surface area (Å²) < 4.78 is 73.4. The van der Waals surface area contributed by atoms with Crippen molar-refractivity contribution >= 4 is 17.9 Å². The van der Waals surface area contributed by atoms with Gasteiger partial charge in [0.25, 0.3) is 0 Å². The van der Waals surface area contributed by atoms with Gasteiger partial charge in [0.15, 0.2) is 0 Å². The van der Waals surface area contributed by atoms with Crippen LogP contribution in [0.4, 0.5) is 22.4 Å². The lowest BCUT2D eigenvalue weighted by molar-refractivity contribution is -0.274. The van der Waals surface area contributed by atoms with Gasteiger partial charge in [-0.2, -0.15) is 0 Å². The van der Waals surface area contributed by atoms with Crippen LogP contribution in [0.3, 0.4) is 0 Å². The molecule has 17 heteroatoms. The van der Waals surface area contributed by atoms with Crippen LogP contribution in [0.15, 0.2) is 85.1 Å². The van der Waals surface area contributed by atoms with Crippen LogP contribution < -0.4 is 30.2 Å². The Hall–Kier alpha value is -5.94. The van der Waals surface area contributed by atoms with Crippen molar-refractivity contribution in [3.8, 4) is 28.5 Å². The summed E-state index contributed by atoms with van der Waals surface area (Å²) in [5.41, 5.74) is 1.84. The van der Waals surface area contributed by atoms with Gasteiger partial charge in [-0.05, 0) is 77.8 Å². The van der Waals surface area contributed by atoms with Crippen LogP contribution in [0.25, 0.3) is 11.1 Å². The number of ether oxygens (including phenoxy) is 4. The van der Waals surface area contributed by atoms with Gasteiger partial charge in [-0.1, -0.05) is 57.2 Å². The summed E-state index contributed by atoms with van der Waals surface area (Å²) in [5, 5.41) is 31.1. The smallest absolute Gasteiger partial charge is 0.490 e. The number of carbonyl (C=O) groups is 3. The first-order valence-electron chi connectivity index (χ1n) is 19.0. The number of nitrogens with one attached hydrogen (secondary N) is 3. The number of aliphatic hydroxyl groups excluding tert-OH is 2. The number of methoxy groups -OCH3 is 2. The lowest BCUT2D eigenvalue weighted by atomic mass is 9.85. The number of hydrogen-bond donors (Lipinski definition) is 5. The number of alkyl carbamates (subject to hydrolysis) is 1. The van der Waals surface area contributed by atoms with Crippen molar-refractivity contribution in [2.24, 2.45) is 11.3 Å². The fraction of sp³-hybridized carbons (Fsp3) is 0.395. The molecular formula is C43H48F4N4O9. The van der Waals surface area contributed by atoms with Crippen LogP contribution in [0.5, 0.6) is 17.4 Å². The molecule has 0 fully saturated rings. The SMILES string of the molecule is COC(=O)NC(C(=O)NC(Cc1ccc(-c2ccc(OC)nc2)cc1)C(O)CC(Cc1cccc(OC(F)(F)F)c1)C(=O)NC1c2cc(F)ccc2OCC1O)C(C)(C)C. The minimum atomic E-state index is -4.99. The van der Waals surface area contributed by atoms with E-state index in [0.29, 0.717) is 11.4 Å². The van der Waals surface area contributed by atoms with Crippen LogP contribution in [0.2, 0.25) is 0 Å². The highest BCUT2D eigenvalue weighted by molar-refractivity contribution is 5.86. The van der Waals surface area contributed by atoms with E-state index >= 15 is 0 Å². The Kier molecular flexibility index (Phi) is 14.6. The predicted octanol–water partition coefficient (Wildman–Crippen LogP) is 5.81. The van der Waals surface area contributed by atoms with Crippen molar-refractivity contribution in [2.75, 3.05) is 20.8 Å². The van der Waals surface area contributed by atoms with Gasteiger partial charge in [0, 0.05) is 29.3 Å². The fourth-order valence-corrected chi connectivity index (χ4v) is 6.87. The van der Waals surface area contributed by atoms with E-state index in [9.17, 15) is 42.2 Å². The second-order valence-corrected chi connectivity index (χ2v) is 15.5. The number of aromatic nitrogens is 1. The number of amides is 3. The van der Waals surface area contributed by atoms with Crippen molar-refractivity contribution in [3.05, 3.63) is 108 Å². The molecule has 0 spiro atoms. The number of nitrogens with zero attached hydrogens (tertiary/aromatic N) is 1. The Morgan fingerprint density at radius 2 is 1.62 bits per heavy atom. The first kappa shape index (κ1) is 45.1. The van der Waals surface area contributed by atoms with Crippen molar-refractivity contribution in [1.29, 1.82) is 0 Å².